The third kappa shape index (κ3) is 5.84. The van der Waals surface area contributed by atoms with Crippen LogP contribution in [0.25, 0.3) is 11.1 Å². The minimum absolute atomic E-state index is 0.0830. The van der Waals surface area contributed by atoms with Crippen LogP contribution in [-0.2, 0) is 6.54 Å². The van der Waals surface area contributed by atoms with Gasteiger partial charge in [0.05, 0.1) is 12.8 Å². The van der Waals surface area contributed by atoms with Crippen LogP contribution >= 0.6 is 11.3 Å². The Bertz CT molecular complexity index is 1330. The number of nitrogens with one attached hydrogen (secondary N) is 1. The summed E-state index contributed by atoms with van der Waals surface area (Å²) in [7, 11) is 0. The van der Waals surface area contributed by atoms with E-state index < -0.39 is 0 Å². The lowest BCUT2D eigenvalue weighted by atomic mass is 9.49. The zero-order valence-corrected chi connectivity index (χ0v) is 24.7. The van der Waals surface area contributed by atoms with Crippen molar-refractivity contribution in [3.63, 3.8) is 0 Å². The number of nitrogens with zero attached hydrogens (tertiary/aromatic N) is 5. The van der Waals surface area contributed by atoms with Gasteiger partial charge in [0.2, 0.25) is 0 Å². The normalized spacial score (nSPS) is 27.2. The topological polar surface area (TPSA) is 83.5 Å². The van der Waals surface area contributed by atoms with Gasteiger partial charge in [-0.1, -0.05) is 0 Å². The number of rotatable bonds is 9. The smallest absolute Gasteiger partial charge is 0.271 e. The lowest BCUT2D eigenvalue weighted by Gasteiger charge is -2.56. The van der Waals surface area contributed by atoms with E-state index in [0.29, 0.717) is 17.7 Å². The molecule has 0 atom stereocenters. The summed E-state index contributed by atoms with van der Waals surface area (Å²) >= 11 is 1.79. The number of aromatic nitrogens is 3. The van der Waals surface area contributed by atoms with Crippen LogP contribution in [0, 0.1) is 23.2 Å². The molecule has 8 nitrogen and oxygen atoms in total. The maximum atomic E-state index is 12.9. The van der Waals surface area contributed by atoms with Crippen LogP contribution in [0.3, 0.4) is 0 Å². The molecular formula is C32H40N6O2S. The molecule has 1 N–H and O–H groups in total. The van der Waals surface area contributed by atoms with E-state index in [1.807, 2.05) is 25.3 Å². The molecule has 0 aromatic carbocycles. The summed E-state index contributed by atoms with van der Waals surface area (Å²) in [6, 6.07) is 8.12. The Balaban J connectivity index is 0.892. The predicted molar refractivity (Wildman–Crippen MR) is 161 cm³/mol. The Morgan fingerprint density at radius 1 is 1.00 bits per heavy atom. The Labute approximate surface area is 246 Å². The lowest BCUT2D eigenvalue weighted by molar-refractivity contribution is -0.0503. The van der Waals surface area contributed by atoms with E-state index in [1.165, 1.54) is 49.0 Å². The number of amides is 1. The minimum atomic E-state index is -0.0830. The Morgan fingerprint density at radius 2 is 1.76 bits per heavy atom. The highest BCUT2D eigenvalue weighted by molar-refractivity contribution is 7.10. The summed E-state index contributed by atoms with van der Waals surface area (Å²) in [5.41, 5.74) is 3.03. The van der Waals surface area contributed by atoms with Crippen molar-refractivity contribution >= 4 is 23.1 Å². The molecule has 1 saturated heterocycles. The molecule has 5 aliphatic rings. The van der Waals surface area contributed by atoms with Gasteiger partial charge >= 0.3 is 0 Å². The molecule has 3 aromatic heterocycles. The molecule has 3 aromatic rings. The predicted octanol–water partition coefficient (Wildman–Crippen LogP) is 5.27. The third-order valence-electron chi connectivity index (χ3n) is 9.76. The second-order valence-electron chi connectivity index (χ2n) is 12.8. The van der Waals surface area contributed by atoms with Crippen molar-refractivity contribution in [1.29, 1.82) is 0 Å². The van der Waals surface area contributed by atoms with Crippen LogP contribution in [0.4, 0.5) is 5.82 Å². The van der Waals surface area contributed by atoms with Gasteiger partial charge in [0.1, 0.15) is 5.75 Å². The van der Waals surface area contributed by atoms with Crippen LogP contribution in [0.1, 0.15) is 60.8 Å². The van der Waals surface area contributed by atoms with Gasteiger partial charge < -0.3 is 15.0 Å². The average Bonchev–Trinajstić information content (AvgIpc) is 3.45. The van der Waals surface area contributed by atoms with Gasteiger partial charge in [-0.25, -0.2) is 0 Å². The number of hydrogen-bond donors (Lipinski definition) is 1. The van der Waals surface area contributed by atoms with Crippen LogP contribution in [-0.4, -0.2) is 65.3 Å². The molecule has 8 rings (SSSR count). The molecule has 41 heavy (non-hydrogen) atoms. The number of ether oxygens (including phenoxy) is 1. The number of pyridine rings is 1. The zero-order valence-electron chi connectivity index (χ0n) is 23.9. The number of piperazine rings is 1. The van der Waals surface area contributed by atoms with E-state index in [-0.39, 0.29) is 5.91 Å². The highest BCUT2D eigenvalue weighted by Crippen LogP contribution is 2.59. The molecule has 1 aliphatic heterocycles. The summed E-state index contributed by atoms with van der Waals surface area (Å²) in [6.45, 7) is 8.06. The van der Waals surface area contributed by atoms with Crippen LogP contribution in [0.2, 0.25) is 0 Å². The second-order valence-corrected chi connectivity index (χ2v) is 13.8. The fraction of sp³-hybridized carbons (Fsp3) is 0.562. The highest BCUT2D eigenvalue weighted by atomic mass is 32.1. The SMILES string of the molecule is CCOc1cncc(-c2csc(CN3CCN(c4ccc(C(=O)NCC56CC7CC(CC(C7)C5)C6)nn4)CC3)c2)c1. The number of hydrogen-bond acceptors (Lipinski definition) is 8. The van der Waals surface area contributed by atoms with E-state index in [0.717, 1.165) is 74.2 Å². The Kier molecular flexibility index (Phi) is 7.41. The van der Waals surface area contributed by atoms with Gasteiger partial charge in [-0.15, -0.1) is 21.5 Å². The van der Waals surface area contributed by atoms with Crippen molar-refractivity contribution in [1.82, 2.24) is 25.4 Å². The summed E-state index contributed by atoms with van der Waals surface area (Å²) in [6.07, 6.45) is 11.8. The molecule has 0 unspecified atom stereocenters. The Hall–Kier alpha value is -3.04. The molecule has 216 valence electrons. The standard InChI is InChI=1S/C32H40N6O2S/c1-2-40-27-12-25(17-33-18-27)26-13-28(41-20-26)19-37-5-7-38(8-6-37)30-4-3-29(35-36-30)31(39)34-21-32-14-22-9-23(15-32)11-24(10-22)16-32/h3-4,12-13,17-18,20,22-24H,2,5-11,14-16,19,21H2,1H3,(H,34,39). The van der Waals surface area contributed by atoms with Crippen molar-refractivity contribution in [3.8, 4) is 16.9 Å². The van der Waals surface area contributed by atoms with E-state index in [1.54, 1.807) is 17.5 Å². The molecule has 4 bridgehead atoms. The quantitative estimate of drug-likeness (QED) is 0.374. The molecule has 0 radical (unpaired) electrons. The molecule has 4 aliphatic carbocycles. The fourth-order valence-electron chi connectivity index (χ4n) is 8.27. The van der Waals surface area contributed by atoms with Crippen molar-refractivity contribution in [3.05, 3.63) is 52.6 Å². The van der Waals surface area contributed by atoms with Crippen molar-refractivity contribution in [2.45, 2.75) is 52.0 Å². The number of carbonyl (C=O) groups excluding carboxylic acids is 1. The molecule has 0 spiro atoms. The van der Waals surface area contributed by atoms with Crippen molar-refractivity contribution < 1.29 is 9.53 Å². The maximum Gasteiger partial charge on any atom is 0.271 e. The molecule has 1 amide bonds. The first-order chi connectivity index (χ1) is 20.0. The number of anilines is 1. The van der Waals surface area contributed by atoms with Gasteiger partial charge in [0.15, 0.2) is 11.5 Å². The number of thiophene rings is 1. The van der Waals surface area contributed by atoms with Crippen molar-refractivity contribution in [2.24, 2.45) is 23.2 Å². The molecule has 4 heterocycles. The van der Waals surface area contributed by atoms with E-state index in [9.17, 15) is 4.79 Å². The minimum Gasteiger partial charge on any atom is -0.492 e. The second kappa shape index (κ2) is 11.3. The van der Waals surface area contributed by atoms with Gasteiger partial charge in [-0.2, -0.15) is 0 Å². The monoisotopic (exact) mass is 572 g/mol. The van der Waals surface area contributed by atoms with Crippen molar-refractivity contribution in [2.75, 3.05) is 44.2 Å². The first-order valence-electron chi connectivity index (χ1n) is 15.3. The molecule has 4 saturated carbocycles. The average molecular weight is 573 g/mol. The van der Waals surface area contributed by atoms with Gasteiger partial charge in [0, 0.05) is 55.9 Å². The zero-order chi connectivity index (χ0) is 27.8. The third-order valence-corrected chi connectivity index (χ3v) is 10.7. The fourth-order valence-corrected chi connectivity index (χ4v) is 9.21. The molecular weight excluding hydrogens is 532 g/mol. The van der Waals surface area contributed by atoms with Crippen LogP contribution in [0.15, 0.2) is 42.0 Å². The van der Waals surface area contributed by atoms with Gasteiger partial charge in [-0.05, 0) is 104 Å². The van der Waals surface area contributed by atoms with Gasteiger partial charge in [-0.3, -0.25) is 14.7 Å². The maximum absolute atomic E-state index is 12.9. The van der Waals surface area contributed by atoms with E-state index >= 15 is 0 Å². The van der Waals surface area contributed by atoms with Gasteiger partial charge in [0.25, 0.3) is 5.91 Å². The summed E-state index contributed by atoms with van der Waals surface area (Å²) in [4.78, 5) is 23.4. The summed E-state index contributed by atoms with van der Waals surface area (Å²) < 4.78 is 5.61. The van der Waals surface area contributed by atoms with E-state index in [2.05, 4.69) is 47.8 Å². The summed E-state index contributed by atoms with van der Waals surface area (Å²) in [5.74, 6) is 4.25. The lowest BCUT2D eigenvalue weighted by Crippen LogP contribution is -2.51. The Morgan fingerprint density at radius 3 is 2.44 bits per heavy atom. The number of carbonyl (C=O) groups is 1. The first kappa shape index (κ1) is 26.8. The molecule has 5 fully saturated rings. The van der Waals surface area contributed by atoms with Crippen LogP contribution in [0.5, 0.6) is 5.75 Å². The largest absolute Gasteiger partial charge is 0.492 e. The first-order valence-corrected chi connectivity index (χ1v) is 16.2. The van der Waals surface area contributed by atoms with Crippen LogP contribution < -0.4 is 15.0 Å². The summed E-state index contributed by atoms with van der Waals surface area (Å²) in [5, 5.41) is 14.2. The highest BCUT2D eigenvalue weighted by Gasteiger charge is 2.50. The molecule has 9 heteroatoms. The van der Waals surface area contributed by atoms with E-state index in [4.69, 9.17) is 4.74 Å².